The molecule has 0 radical (unpaired) electrons. The molecule has 2 rings (SSSR count). The molecule has 0 atom stereocenters. The van der Waals surface area contributed by atoms with Crippen LogP contribution in [0.4, 0.5) is 0 Å². The fourth-order valence-electron chi connectivity index (χ4n) is 2.95. The first-order valence-corrected chi connectivity index (χ1v) is 8.84. The van der Waals surface area contributed by atoms with Crippen LogP contribution in [0.5, 0.6) is 5.75 Å². The minimum atomic E-state index is -0.294. The molecule has 2 aromatic carbocycles. The third-order valence-electron chi connectivity index (χ3n) is 4.41. The molecule has 0 N–H and O–H groups in total. The lowest BCUT2D eigenvalue weighted by Crippen LogP contribution is -2.22. The first kappa shape index (κ1) is 19.2. The second-order valence-corrected chi connectivity index (χ2v) is 8.89. The predicted molar refractivity (Wildman–Crippen MR) is 105 cm³/mol. The first-order chi connectivity index (χ1) is 11.4. The highest BCUT2D eigenvalue weighted by Gasteiger charge is 2.29. The standard InChI is InChI=1S/C23H30O2/c1-15-13-18(22(3,4)5)20(19(14-15)23(6,7)8)25-21(24)17-12-10-9-11-16(17)2/h9-14H,1-8H3. The molecule has 25 heavy (non-hydrogen) atoms. The van der Waals surface area contributed by atoms with Crippen LogP contribution in [0, 0.1) is 13.8 Å². The van der Waals surface area contributed by atoms with Crippen molar-refractivity contribution in [2.24, 2.45) is 0 Å². The molecule has 0 heterocycles. The summed E-state index contributed by atoms with van der Waals surface area (Å²) >= 11 is 0. The van der Waals surface area contributed by atoms with Gasteiger partial charge in [0, 0.05) is 11.1 Å². The largest absolute Gasteiger partial charge is 0.422 e. The smallest absolute Gasteiger partial charge is 0.343 e. The Labute approximate surface area is 152 Å². The molecule has 0 aliphatic heterocycles. The Bertz CT molecular complexity index is 751. The van der Waals surface area contributed by atoms with Crippen molar-refractivity contribution >= 4 is 5.97 Å². The zero-order valence-corrected chi connectivity index (χ0v) is 16.8. The van der Waals surface area contributed by atoms with E-state index in [-0.39, 0.29) is 16.8 Å². The topological polar surface area (TPSA) is 26.3 Å². The van der Waals surface area contributed by atoms with E-state index in [0.717, 1.165) is 16.7 Å². The average Bonchev–Trinajstić information content (AvgIpc) is 2.46. The van der Waals surface area contributed by atoms with E-state index in [9.17, 15) is 4.79 Å². The normalized spacial score (nSPS) is 12.2. The molecule has 0 bridgehead atoms. The van der Waals surface area contributed by atoms with Gasteiger partial charge in [0.05, 0.1) is 5.56 Å². The summed E-state index contributed by atoms with van der Waals surface area (Å²) in [6.07, 6.45) is 0. The lowest BCUT2D eigenvalue weighted by Gasteiger charge is -2.30. The maximum absolute atomic E-state index is 12.9. The number of rotatable bonds is 2. The van der Waals surface area contributed by atoms with Crippen LogP contribution in [0.1, 0.15) is 74.2 Å². The minimum Gasteiger partial charge on any atom is -0.422 e. The number of carbonyl (C=O) groups excluding carboxylic acids is 1. The number of benzene rings is 2. The molecule has 0 saturated heterocycles. The summed E-state index contributed by atoms with van der Waals surface area (Å²) in [5.41, 5.74) is 4.63. The van der Waals surface area contributed by atoms with Crippen molar-refractivity contribution in [3.8, 4) is 5.75 Å². The summed E-state index contributed by atoms with van der Waals surface area (Å²) in [5, 5.41) is 0. The summed E-state index contributed by atoms with van der Waals surface area (Å²) in [5.74, 6) is 0.414. The fourth-order valence-corrected chi connectivity index (χ4v) is 2.95. The Hall–Kier alpha value is -2.09. The van der Waals surface area contributed by atoms with E-state index in [2.05, 4.69) is 60.6 Å². The molecule has 0 saturated carbocycles. The molecular weight excluding hydrogens is 308 g/mol. The van der Waals surface area contributed by atoms with Crippen LogP contribution in [0.2, 0.25) is 0 Å². The van der Waals surface area contributed by atoms with Gasteiger partial charge in [-0.2, -0.15) is 0 Å². The third kappa shape index (κ3) is 4.31. The Kier molecular flexibility index (Phi) is 5.13. The van der Waals surface area contributed by atoms with E-state index in [1.807, 2.05) is 31.2 Å². The van der Waals surface area contributed by atoms with Gasteiger partial charge >= 0.3 is 5.97 Å². The van der Waals surface area contributed by atoms with Crippen molar-refractivity contribution in [2.75, 3.05) is 0 Å². The molecule has 2 heteroatoms. The molecule has 0 spiro atoms. The first-order valence-electron chi connectivity index (χ1n) is 8.84. The molecule has 0 aliphatic carbocycles. The van der Waals surface area contributed by atoms with Gasteiger partial charge in [0.25, 0.3) is 0 Å². The summed E-state index contributed by atoms with van der Waals surface area (Å²) in [4.78, 5) is 12.9. The summed E-state index contributed by atoms with van der Waals surface area (Å²) in [7, 11) is 0. The van der Waals surface area contributed by atoms with Crippen LogP contribution in [0.25, 0.3) is 0 Å². The van der Waals surface area contributed by atoms with E-state index in [0.29, 0.717) is 11.3 Å². The van der Waals surface area contributed by atoms with Crippen LogP contribution < -0.4 is 4.74 Å². The molecule has 0 amide bonds. The number of hydrogen-bond acceptors (Lipinski definition) is 2. The number of esters is 1. The van der Waals surface area contributed by atoms with Crippen LogP contribution >= 0.6 is 0 Å². The second-order valence-electron chi connectivity index (χ2n) is 8.89. The van der Waals surface area contributed by atoms with E-state index < -0.39 is 0 Å². The predicted octanol–water partition coefficient (Wildman–Crippen LogP) is 6.12. The van der Waals surface area contributed by atoms with Gasteiger partial charge in [0.15, 0.2) is 0 Å². The van der Waals surface area contributed by atoms with E-state index >= 15 is 0 Å². The van der Waals surface area contributed by atoms with Crippen molar-refractivity contribution < 1.29 is 9.53 Å². The Morgan fingerprint density at radius 1 is 0.840 bits per heavy atom. The van der Waals surface area contributed by atoms with Gasteiger partial charge in [-0.25, -0.2) is 4.79 Å². The SMILES string of the molecule is Cc1cc(C(C)(C)C)c(OC(=O)c2ccccc2C)c(C(C)(C)C)c1. The van der Waals surface area contributed by atoms with Gasteiger partial charge in [0.1, 0.15) is 5.75 Å². The van der Waals surface area contributed by atoms with Gasteiger partial charge < -0.3 is 4.74 Å². The van der Waals surface area contributed by atoms with Crippen LogP contribution in [-0.4, -0.2) is 5.97 Å². The highest BCUT2D eigenvalue weighted by Crippen LogP contribution is 2.41. The fraction of sp³-hybridized carbons (Fsp3) is 0.435. The van der Waals surface area contributed by atoms with Crippen molar-refractivity contribution in [1.82, 2.24) is 0 Å². The molecule has 0 unspecified atom stereocenters. The quantitative estimate of drug-likeness (QED) is 0.487. The number of hydrogen-bond donors (Lipinski definition) is 0. The van der Waals surface area contributed by atoms with Gasteiger partial charge in [-0.15, -0.1) is 0 Å². The van der Waals surface area contributed by atoms with Crippen LogP contribution in [0.15, 0.2) is 36.4 Å². The van der Waals surface area contributed by atoms with Crippen molar-refractivity contribution in [1.29, 1.82) is 0 Å². The maximum atomic E-state index is 12.9. The van der Waals surface area contributed by atoms with Gasteiger partial charge in [0.2, 0.25) is 0 Å². The van der Waals surface area contributed by atoms with Crippen molar-refractivity contribution in [3.05, 3.63) is 64.2 Å². The van der Waals surface area contributed by atoms with Gasteiger partial charge in [-0.1, -0.05) is 77.4 Å². The number of carbonyl (C=O) groups is 1. The van der Waals surface area contributed by atoms with E-state index in [1.54, 1.807) is 0 Å². The average molecular weight is 338 g/mol. The monoisotopic (exact) mass is 338 g/mol. The number of ether oxygens (including phenoxy) is 1. The van der Waals surface area contributed by atoms with Crippen LogP contribution in [-0.2, 0) is 10.8 Å². The molecule has 0 fully saturated rings. The van der Waals surface area contributed by atoms with Crippen LogP contribution in [0.3, 0.4) is 0 Å². The molecule has 2 nitrogen and oxygen atoms in total. The van der Waals surface area contributed by atoms with Gasteiger partial charge in [-0.3, -0.25) is 0 Å². The summed E-state index contributed by atoms with van der Waals surface area (Å²) in [6.45, 7) is 16.9. The molecular formula is C23H30O2. The molecule has 134 valence electrons. The Morgan fingerprint density at radius 2 is 1.32 bits per heavy atom. The Morgan fingerprint density at radius 3 is 1.76 bits per heavy atom. The lowest BCUT2D eigenvalue weighted by molar-refractivity contribution is 0.0728. The minimum absolute atomic E-state index is 0.118. The zero-order chi connectivity index (χ0) is 19.0. The summed E-state index contributed by atoms with van der Waals surface area (Å²) in [6, 6.07) is 11.8. The number of aryl methyl sites for hydroxylation is 2. The Balaban J connectivity index is 2.62. The van der Waals surface area contributed by atoms with Crippen molar-refractivity contribution in [2.45, 2.75) is 66.2 Å². The van der Waals surface area contributed by atoms with Gasteiger partial charge in [-0.05, 0) is 36.3 Å². The molecule has 0 aliphatic rings. The lowest BCUT2D eigenvalue weighted by atomic mass is 9.78. The van der Waals surface area contributed by atoms with E-state index in [1.165, 1.54) is 5.56 Å². The van der Waals surface area contributed by atoms with Crippen molar-refractivity contribution in [3.63, 3.8) is 0 Å². The second kappa shape index (κ2) is 6.67. The molecule has 2 aromatic rings. The summed E-state index contributed by atoms with van der Waals surface area (Å²) < 4.78 is 6.01. The third-order valence-corrected chi connectivity index (χ3v) is 4.41. The maximum Gasteiger partial charge on any atom is 0.343 e. The van der Waals surface area contributed by atoms with E-state index in [4.69, 9.17) is 4.74 Å². The highest BCUT2D eigenvalue weighted by molar-refractivity contribution is 5.93. The zero-order valence-electron chi connectivity index (χ0n) is 16.8. The highest BCUT2D eigenvalue weighted by atomic mass is 16.5. The molecule has 0 aromatic heterocycles.